The highest BCUT2D eigenvalue weighted by atomic mass is 16.5. The normalized spacial score (nSPS) is 11.7. The van der Waals surface area contributed by atoms with Crippen LogP contribution < -0.4 is 31.6 Å². The molecule has 156 valence electrons. The van der Waals surface area contributed by atoms with E-state index in [2.05, 4.69) is 20.6 Å². The lowest BCUT2D eigenvalue weighted by atomic mass is 10.2. The van der Waals surface area contributed by atoms with E-state index in [1.54, 1.807) is 30.3 Å². The number of anilines is 3. The molecule has 0 aliphatic rings. The fourth-order valence-corrected chi connectivity index (χ4v) is 2.89. The molecule has 1 amide bonds. The standard InChI is InChI=1S/C19H21N7O4/c1-30-18-15(16(21)28)17(24-19(25-18)23-13(10-27)6-7-20)22-12-4-5-14-11(9-12)3-2-8-26(14)29/h2-5,8-10,13H,6-7,20H2,1H3,(H2,21,28)(H2,22,23,24,25). The number of rotatable bonds is 9. The molecule has 0 fully saturated rings. The quantitative estimate of drug-likeness (QED) is 0.221. The summed E-state index contributed by atoms with van der Waals surface area (Å²) in [5, 5.41) is 18.4. The van der Waals surface area contributed by atoms with Crippen LogP contribution in [0.1, 0.15) is 16.8 Å². The Morgan fingerprint density at radius 3 is 2.83 bits per heavy atom. The van der Waals surface area contributed by atoms with E-state index < -0.39 is 11.9 Å². The van der Waals surface area contributed by atoms with Crippen molar-refractivity contribution in [1.82, 2.24) is 9.97 Å². The lowest BCUT2D eigenvalue weighted by molar-refractivity contribution is -0.577. The smallest absolute Gasteiger partial charge is 0.258 e. The van der Waals surface area contributed by atoms with E-state index in [1.165, 1.54) is 13.3 Å². The van der Waals surface area contributed by atoms with E-state index in [1.807, 2.05) is 0 Å². The van der Waals surface area contributed by atoms with Crippen molar-refractivity contribution in [3.63, 3.8) is 0 Å². The van der Waals surface area contributed by atoms with Gasteiger partial charge in [-0.1, -0.05) is 0 Å². The van der Waals surface area contributed by atoms with Gasteiger partial charge in [0.05, 0.1) is 13.2 Å². The largest absolute Gasteiger partial charge is 0.618 e. The number of fused-ring (bicyclic) bond motifs is 1. The number of methoxy groups -OCH3 is 1. The highest BCUT2D eigenvalue weighted by molar-refractivity contribution is 6.01. The molecule has 6 N–H and O–H groups in total. The van der Waals surface area contributed by atoms with E-state index in [0.717, 1.165) is 4.73 Å². The van der Waals surface area contributed by atoms with E-state index in [4.69, 9.17) is 16.2 Å². The number of carbonyl (C=O) groups is 2. The highest BCUT2D eigenvalue weighted by Crippen LogP contribution is 2.28. The van der Waals surface area contributed by atoms with Crippen LogP contribution in [0.3, 0.4) is 0 Å². The van der Waals surface area contributed by atoms with Crippen LogP contribution in [0.5, 0.6) is 5.88 Å². The third kappa shape index (κ3) is 4.36. The molecule has 0 radical (unpaired) electrons. The van der Waals surface area contributed by atoms with Gasteiger partial charge in [-0.05, 0) is 31.2 Å². The minimum absolute atomic E-state index is 0.0573. The van der Waals surface area contributed by atoms with Crippen molar-refractivity contribution in [2.24, 2.45) is 11.5 Å². The zero-order valence-electron chi connectivity index (χ0n) is 16.2. The summed E-state index contributed by atoms with van der Waals surface area (Å²) in [7, 11) is 1.34. The first kappa shape index (κ1) is 20.7. The minimum Gasteiger partial charge on any atom is -0.618 e. The van der Waals surface area contributed by atoms with Gasteiger partial charge in [-0.15, -0.1) is 0 Å². The molecule has 0 spiro atoms. The third-order valence-electron chi connectivity index (χ3n) is 4.30. The Morgan fingerprint density at radius 2 is 2.17 bits per heavy atom. The molecule has 30 heavy (non-hydrogen) atoms. The van der Waals surface area contributed by atoms with Crippen LogP contribution in [0, 0.1) is 5.21 Å². The number of ether oxygens (including phenoxy) is 1. The second kappa shape index (κ2) is 9.01. The Bertz CT molecular complexity index is 1090. The third-order valence-corrected chi connectivity index (χ3v) is 4.30. The van der Waals surface area contributed by atoms with Gasteiger partial charge in [0.25, 0.3) is 5.91 Å². The molecular weight excluding hydrogens is 390 g/mol. The van der Waals surface area contributed by atoms with Crippen molar-refractivity contribution in [1.29, 1.82) is 0 Å². The van der Waals surface area contributed by atoms with Gasteiger partial charge < -0.3 is 36.8 Å². The number of pyridine rings is 1. The average Bonchev–Trinajstić information content (AvgIpc) is 2.72. The molecule has 11 heteroatoms. The molecule has 11 nitrogen and oxygen atoms in total. The summed E-state index contributed by atoms with van der Waals surface area (Å²) in [6, 6.07) is 7.81. The van der Waals surface area contributed by atoms with Crippen LogP contribution in [0.15, 0.2) is 36.5 Å². The number of benzene rings is 1. The SMILES string of the molecule is COc1nc(NC(C=O)CCN)nc(Nc2ccc3c(ccc[n+]3[O-])c2)c1C(N)=O. The molecule has 0 aliphatic heterocycles. The molecule has 3 rings (SSSR count). The number of nitrogens with one attached hydrogen (secondary N) is 2. The summed E-state index contributed by atoms with van der Waals surface area (Å²) in [4.78, 5) is 31.7. The lowest BCUT2D eigenvalue weighted by Gasteiger charge is -2.16. The Kier molecular flexibility index (Phi) is 6.23. The summed E-state index contributed by atoms with van der Waals surface area (Å²) < 4.78 is 5.95. The average molecular weight is 411 g/mol. The van der Waals surface area contributed by atoms with Crippen molar-refractivity contribution in [3.8, 4) is 5.88 Å². The van der Waals surface area contributed by atoms with Gasteiger partial charge in [0.15, 0.2) is 12.0 Å². The van der Waals surface area contributed by atoms with Gasteiger partial charge in [0.2, 0.25) is 17.3 Å². The van der Waals surface area contributed by atoms with Gasteiger partial charge in [-0.25, -0.2) is 0 Å². The van der Waals surface area contributed by atoms with Crippen LogP contribution >= 0.6 is 0 Å². The van der Waals surface area contributed by atoms with Crippen molar-refractivity contribution in [2.75, 3.05) is 24.3 Å². The number of nitrogens with two attached hydrogens (primary N) is 2. The maximum absolute atomic E-state index is 12.0. The maximum Gasteiger partial charge on any atom is 0.258 e. The molecular formula is C19H21N7O4. The van der Waals surface area contributed by atoms with Gasteiger partial charge in [-0.2, -0.15) is 14.7 Å². The van der Waals surface area contributed by atoms with E-state index >= 15 is 0 Å². The van der Waals surface area contributed by atoms with E-state index in [9.17, 15) is 14.8 Å². The molecule has 0 saturated carbocycles. The predicted molar refractivity (Wildman–Crippen MR) is 110 cm³/mol. The van der Waals surface area contributed by atoms with Crippen molar-refractivity contribution >= 4 is 40.5 Å². The number of hydrogen-bond donors (Lipinski definition) is 4. The number of carbonyl (C=O) groups excluding carboxylic acids is 2. The second-order valence-electron chi connectivity index (χ2n) is 6.34. The zero-order chi connectivity index (χ0) is 21.7. The minimum atomic E-state index is -0.798. The Hall–Kier alpha value is -3.99. The van der Waals surface area contributed by atoms with Gasteiger partial charge in [-0.3, -0.25) is 4.79 Å². The van der Waals surface area contributed by atoms with Crippen LogP contribution in [0.2, 0.25) is 0 Å². The maximum atomic E-state index is 12.0. The molecule has 0 saturated heterocycles. The van der Waals surface area contributed by atoms with Crippen LogP contribution in [0.25, 0.3) is 10.9 Å². The molecule has 1 aromatic carbocycles. The zero-order valence-corrected chi connectivity index (χ0v) is 16.2. The van der Waals surface area contributed by atoms with Crippen molar-refractivity contribution in [3.05, 3.63) is 47.3 Å². The van der Waals surface area contributed by atoms with Crippen molar-refractivity contribution in [2.45, 2.75) is 12.5 Å². The first-order valence-electron chi connectivity index (χ1n) is 9.03. The summed E-state index contributed by atoms with van der Waals surface area (Å²) in [6.07, 6.45) is 2.47. The number of nitrogens with zero attached hydrogens (tertiary/aromatic N) is 3. The predicted octanol–water partition coefficient (Wildman–Crippen LogP) is 0.443. The van der Waals surface area contributed by atoms with Crippen molar-refractivity contribution < 1.29 is 19.1 Å². The number of aldehydes is 1. The fraction of sp³-hybridized carbons (Fsp3) is 0.211. The molecule has 2 heterocycles. The van der Waals surface area contributed by atoms with E-state index in [-0.39, 0.29) is 29.8 Å². The Morgan fingerprint density at radius 1 is 1.37 bits per heavy atom. The number of aromatic nitrogens is 3. The van der Waals surface area contributed by atoms with Gasteiger partial charge in [0, 0.05) is 23.2 Å². The molecule has 0 aliphatic carbocycles. The molecule has 1 atom stereocenters. The number of hydrogen-bond acceptors (Lipinski definition) is 9. The lowest BCUT2D eigenvalue weighted by Crippen LogP contribution is -2.26. The summed E-state index contributed by atoms with van der Waals surface area (Å²) in [5.41, 5.74) is 12.0. The Labute approximate surface area is 171 Å². The van der Waals surface area contributed by atoms with Crippen LogP contribution in [-0.2, 0) is 4.79 Å². The first-order chi connectivity index (χ1) is 14.5. The van der Waals surface area contributed by atoms with Crippen LogP contribution in [-0.4, -0.2) is 41.9 Å². The molecule has 1 unspecified atom stereocenters. The Balaban J connectivity index is 2.03. The van der Waals surface area contributed by atoms with Gasteiger partial charge >= 0.3 is 0 Å². The summed E-state index contributed by atoms with van der Waals surface area (Å²) in [6.45, 7) is 0.287. The highest BCUT2D eigenvalue weighted by Gasteiger charge is 2.21. The number of amides is 1. The van der Waals surface area contributed by atoms with E-state index in [0.29, 0.717) is 29.3 Å². The first-order valence-corrected chi connectivity index (χ1v) is 9.03. The summed E-state index contributed by atoms with van der Waals surface area (Å²) >= 11 is 0. The monoisotopic (exact) mass is 411 g/mol. The topological polar surface area (TPSA) is 172 Å². The molecule has 3 aromatic rings. The second-order valence-corrected chi connectivity index (χ2v) is 6.34. The molecule has 2 aromatic heterocycles. The van der Waals surface area contributed by atoms with Crippen LogP contribution in [0.4, 0.5) is 17.5 Å². The fourth-order valence-electron chi connectivity index (χ4n) is 2.89. The summed E-state index contributed by atoms with van der Waals surface area (Å²) in [5.74, 6) is -0.714. The number of primary amides is 1. The van der Waals surface area contributed by atoms with Gasteiger partial charge in [0.1, 0.15) is 11.8 Å². The molecule has 0 bridgehead atoms.